The molecule has 2 heterocycles. The number of nitriles is 1. The fraction of sp³-hybridized carbons (Fsp3) is 0.438. The van der Waals surface area contributed by atoms with Gasteiger partial charge in [-0.15, -0.1) is 0 Å². The van der Waals surface area contributed by atoms with E-state index in [0.29, 0.717) is 21.9 Å². The molecule has 0 bridgehead atoms. The molecule has 1 saturated heterocycles. The Morgan fingerprint density at radius 1 is 1.17 bits per heavy atom. The molecule has 0 amide bonds. The normalized spacial score (nSPS) is 19.6. The molecule has 0 radical (unpaired) electrons. The van der Waals surface area contributed by atoms with Gasteiger partial charge in [-0.1, -0.05) is 0 Å². The van der Waals surface area contributed by atoms with Crippen molar-refractivity contribution in [3.63, 3.8) is 0 Å². The molecule has 6 nitrogen and oxygen atoms in total. The number of rotatable bonds is 2. The third-order valence-electron chi connectivity index (χ3n) is 4.80. The van der Waals surface area contributed by atoms with Crippen LogP contribution in [0.4, 0.5) is 0 Å². The Morgan fingerprint density at radius 3 is 2.25 bits per heavy atom. The van der Waals surface area contributed by atoms with E-state index in [1.165, 1.54) is 6.20 Å². The van der Waals surface area contributed by atoms with Crippen molar-refractivity contribution < 1.29 is 17.7 Å². The molecular formula is C16H19BN2O4S. The van der Waals surface area contributed by atoms with E-state index in [2.05, 4.69) is 6.07 Å². The van der Waals surface area contributed by atoms with Gasteiger partial charge in [0.15, 0.2) is 0 Å². The fourth-order valence-corrected chi connectivity index (χ4v) is 3.56. The van der Waals surface area contributed by atoms with Crippen molar-refractivity contribution in [1.29, 1.82) is 5.26 Å². The summed E-state index contributed by atoms with van der Waals surface area (Å²) in [6.45, 7) is 7.78. The van der Waals surface area contributed by atoms with E-state index in [-0.39, 0.29) is 0 Å². The Balaban J connectivity index is 2.23. The lowest BCUT2D eigenvalue weighted by atomic mass is 9.76. The quantitative estimate of drug-likeness (QED) is 0.772. The predicted octanol–water partition coefficient (Wildman–Crippen LogP) is 1.62. The molecule has 3 rings (SSSR count). The summed E-state index contributed by atoms with van der Waals surface area (Å²) >= 11 is 0. The predicted molar refractivity (Wildman–Crippen MR) is 92.6 cm³/mol. The lowest BCUT2D eigenvalue weighted by Gasteiger charge is -2.32. The first-order valence-corrected chi connectivity index (χ1v) is 9.42. The van der Waals surface area contributed by atoms with Crippen LogP contribution in [-0.2, 0) is 19.3 Å². The Hall–Kier alpha value is -1.82. The molecule has 0 saturated carbocycles. The highest BCUT2D eigenvalue weighted by molar-refractivity contribution is 7.89. The zero-order valence-corrected chi connectivity index (χ0v) is 15.1. The van der Waals surface area contributed by atoms with Crippen LogP contribution in [0.25, 0.3) is 10.9 Å². The van der Waals surface area contributed by atoms with E-state index >= 15 is 0 Å². The van der Waals surface area contributed by atoms with Crippen molar-refractivity contribution in [2.24, 2.45) is 0 Å². The van der Waals surface area contributed by atoms with Gasteiger partial charge < -0.3 is 9.31 Å². The van der Waals surface area contributed by atoms with Crippen LogP contribution in [0.5, 0.6) is 0 Å². The van der Waals surface area contributed by atoms with Gasteiger partial charge in [0, 0.05) is 11.6 Å². The molecule has 1 aliphatic heterocycles. The highest BCUT2D eigenvalue weighted by Crippen LogP contribution is 2.37. The summed E-state index contributed by atoms with van der Waals surface area (Å²) in [5.41, 5.74) is 0.417. The minimum Gasteiger partial charge on any atom is -0.399 e. The zero-order chi connectivity index (χ0) is 17.9. The Morgan fingerprint density at radius 2 is 1.75 bits per heavy atom. The highest BCUT2D eigenvalue weighted by atomic mass is 32.2. The molecule has 8 heteroatoms. The topological polar surface area (TPSA) is 81.3 Å². The van der Waals surface area contributed by atoms with Crippen LogP contribution in [0.1, 0.15) is 33.3 Å². The summed E-state index contributed by atoms with van der Waals surface area (Å²) in [5, 5.41) is 10.0. The first kappa shape index (κ1) is 17.0. The number of nitrogens with zero attached hydrogens (tertiary/aromatic N) is 2. The third-order valence-corrected chi connectivity index (χ3v) is 5.83. The van der Waals surface area contributed by atoms with E-state index in [4.69, 9.17) is 9.31 Å². The minimum atomic E-state index is -3.47. The van der Waals surface area contributed by atoms with E-state index in [9.17, 15) is 13.7 Å². The summed E-state index contributed by atoms with van der Waals surface area (Å²) in [4.78, 5) is 0. The van der Waals surface area contributed by atoms with E-state index in [1.54, 1.807) is 18.2 Å². The number of fused-ring (bicyclic) bond motifs is 1. The maximum atomic E-state index is 12.0. The van der Waals surface area contributed by atoms with Gasteiger partial charge in [0.05, 0.1) is 34.6 Å². The van der Waals surface area contributed by atoms with Crippen LogP contribution in [0.3, 0.4) is 0 Å². The van der Waals surface area contributed by atoms with Crippen molar-refractivity contribution in [2.45, 2.75) is 38.9 Å². The molecule has 1 aromatic carbocycles. The van der Waals surface area contributed by atoms with Gasteiger partial charge in [-0.2, -0.15) is 5.26 Å². The van der Waals surface area contributed by atoms with Gasteiger partial charge in [0.25, 0.3) is 0 Å². The lowest BCUT2D eigenvalue weighted by molar-refractivity contribution is 0.00578. The molecule has 24 heavy (non-hydrogen) atoms. The summed E-state index contributed by atoms with van der Waals surface area (Å²) in [6.07, 6.45) is 2.61. The molecule has 0 aliphatic carbocycles. The van der Waals surface area contributed by atoms with Crippen LogP contribution >= 0.6 is 0 Å². The van der Waals surface area contributed by atoms with Crippen molar-refractivity contribution in [1.82, 2.24) is 3.97 Å². The van der Waals surface area contributed by atoms with Crippen LogP contribution in [0.2, 0.25) is 0 Å². The molecule has 0 atom stereocenters. The first-order valence-electron chi connectivity index (χ1n) is 7.57. The van der Waals surface area contributed by atoms with Crippen molar-refractivity contribution in [3.8, 4) is 6.07 Å². The van der Waals surface area contributed by atoms with E-state index in [0.717, 1.165) is 10.2 Å². The first-order chi connectivity index (χ1) is 11.0. The average molecular weight is 346 g/mol. The second-order valence-electron chi connectivity index (χ2n) is 7.07. The molecule has 126 valence electrons. The number of hydrogen-bond donors (Lipinski definition) is 0. The average Bonchev–Trinajstić information content (AvgIpc) is 2.96. The monoisotopic (exact) mass is 346 g/mol. The molecule has 1 aliphatic rings. The van der Waals surface area contributed by atoms with E-state index in [1.807, 2.05) is 27.7 Å². The number of benzene rings is 1. The van der Waals surface area contributed by atoms with Gasteiger partial charge >= 0.3 is 7.12 Å². The summed E-state index contributed by atoms with van der Waals surface area (Å²) < 4.78 is 37.2. The van der Waals surface area contributed by atoms with Crippen LogP contribution in [-0.4, -0.2) is 37.0 Å². The van der Waals surface area contributed by atoms with Crippen LogP contribution in [0.15, 0.2) is 24.4 Å². The second kappa shape index (κ2) is 5.09. The maximum absolute atomic E-state index is 12.0. The Bertz CT molecular complexity index is 954. The summed E-state index contributed by atoms with van der Waals surface area (Å²) in [7, 11) is -4.14. The smallest absolute Gasteiger partial charge is 0.399 e. The molecule has 1 aromatic heterocycles. The largest absolute Gasteiger partial charge is 0.495 e. The highest BCUT2D eigenvalue weighted by Gasteiger charge is 2.52. The molecule has 2 aromatic rings. The molecular weight excluding hydrogens is 327 g/mol. The second-order valence-corrected chi connectivity index (χ2v) is 8.93. The molecule has 0 unspecified atom stereocenters. The van der Waals surface area contributed by atoms with Gasteiger partial charge in [-0.25, -0.2) is 12.4 Å². The van der Waals surface area contributed by atoms with Gasteiger partial charge in [0.2, 0.25) is 10.0 Å². The van der Waals surface area contributed by atoms with Gasteiger partial charge in [0.1, 0.15) is 0 Å². The Kier molecular flexibility index (Phi) is 3.61. The maximum Gasteiger partial charge on any atom is 0.495 e. The fourth-order valence-electron chi connectivity index (χ4n) is 2.77. The molecule has 0 spiro atoms. The van der Waals surface area contributed by atoms with Crippen molar-refractivity contribution >= 4 is 33.5 Å². The third kappa shape index (κ3) is 2.53. The summed E-state index contributed by atoms with van der Waals surface area (Å²) in [6, 6.07) is 7.03. The SMILES string of the molecule is CC1(C)OB(c2cc(C#N)cc3c2ccn3S(C)(=O)=O)OC1(C)C. The van der Waals surface area contributed by atoms with Crippen molar-refractivity contribution in [2.75, 3.05) is 6.26 Å². The lowest BCUT2D eigenvalue weighted by Crippen LogP contribution is -2.41. The van der Waals surface area contributed by atoms with Crippen LogP contribution in [0, 0.1) is 11.3 Å². The standard InChI is InChI=1S/C16H19BN2O4S/c1-15(2)16(3,4)23-17(22-15)13-8-11(10-18)9-14-12(13)6-7-19(14)24(5,20)21/h6-9H,1-5H3. The van der Waals surface area contributed by atoms with Crippen molar-refractivity contribution in [3.05, 3.63) is 30.0 Å². The number of aromatic nitrogens is 1. The summed E-state index contributed by atoms with van der Waals surface area (Å²) in [5.74, 6) is 0. The zero-order valence-electron chi connectivity index (χ0n) is 14.3. The molecule has 0 N–H and O–H groups in total. The molecule has 1 fully saturated rings. The number of hydrogen-bond acceptors (Lipinski definition) is 5. The van der Waals surface area contributed by atoms with Crippen LogP contribution < -0.4 is 5.46 Å². The Labute approximate surface area is 142 Å². The minimum absolute atomic E-state index is 0.357. The van der Waals surface area contributed by atoms with Gasteiger partial charge in [-0.05, 0) is 51.4 Å². The van der Waals surface area contributed by atoms with Gasteiger partial charge in [-0.3, -0.25) is 0 Å². The van der Waals surface area contributed by atoms with E-state index < -0.39 is 28.3 Å².